The highest BCUT2D eigenvalue weighted by molar-refractivity contribution is 7.22. The zero-order valence-corrected chi connectivity index (χ0v) is 18.8. The van der Waals surface area contributed by atoms with Gasteiger partial charge in [0.05, 0.1) is 10.4 Å². The molecule has 34 heavy (non-hydrogen) atoms. The van der Waals surface area contributed by atoms with Gasteiger partial charge in [0.1, 0.15) is 11.2 Å². The van der Waals surface area contributed by atoms with Crippen LogP contribution in [0.1, 0.15) is 0 Å². The number of aromatic nitrogens is 3. The summed E-state index contributed by atoms with van der Waals surface area (Å²) < 4.78 is 7.49. The third-order valence-corrected chi connectivity index (χ3v) is 7.07. The van der Waals surface area contributed by atoms with Gasteiger partial charge in [0.2, 0.25) is 0 Å². The predicted molar refractivity (Wildman–Crippen MR) is 139 cm³/mol. The standard InChI is InChI=1S/C29H17N3OS/c1-2-9-18(10-3-1)27-30-28(32-29(31-27)25-17-19-11-4-7-16-24(19)34-25)22-14-8-13-21-20-12-5-6-15-23(20)33-26(21)22/h1-17H. The lowest BCUT2D eigenvalue weighted by Crippen LogP contribution is -1.99. The minimum absolute atomic E-state index is 0.603. The van der Waals surface area contributed by atoms with Crippen LogP contribution in [0.2, 0.25) is 0 Å². The molecular weight excluding hydrogens is 438 g/mol. The van der Waals surface area contributed by atoms with Crippen LogP contribution in [0.25, 0.3) is 65.5 Å². The molecule has 0 radical (unpaired) electrons. The lowest BCUT2D eigenvalue weighted by molar-refractivity contribution is 0.669. The Hall–Kier alpha value is -4.35. The second-order valence-electron chi connectivity index (χ2n) is 8.10. The van der Waals surface area contributed by atoms with E-state index in [-0.39, 0.29) is 0 Å². The van der Waals surface area contributed by atoms with Crippen LogP contribution in [0, 0.1) is 0 Å². The quantitative estimate of drug-likeness (QED) is 0.271. The predicted octanol–water partition coefficient (Wildman–Crippen LogP) is 7.99. The summed E-state index contributed by atoms with van der Waals surface area (Å²) >= 11 is 1.69. The van der Waals surface area contributed by atoms with E-state index in [9.17, 15) is 0 Å². The summed E-state index contributed by atoms with van der Waals surface area (Å²) in [4.78, 5) is 15.7. The smallest absolute Gasteiger partial charge is 0.174 e. The van der Waals surface area contributed by atoms with Crippen LogP contribution in [-0.4, -0.2) is 15.0 Å². The van der Waals surface area contributed by atoms with E-state index in [0.717, 1.165) is 37.9 Å². The Bertz CT molecular complexity index is 1790. The summed E-state index contributed by atoms with van der Waals surface area (Å²) in [7, 11) is 0. The van der Waals surface area contributed by atoms with E-state index >= 15 is 0 Å². The Balaban J connectivity index is 1.50. The van der Waals surface area contributed by atoms with E-state index in [0.29, 0.717) is 17.5 Å². The summed E-state index contributed by atoms with van der Waals surface area (Å²) in [5, 5.41) is 3.32. The lowest BCUT2D eigenvalue weighted by atomic mass is 10.1. The normalized spacial score (nSPS) is 11.5. The first-order valence-corrected chi connectivity index (χ1v) is 11.9. The number of para-hydroxylation sites is 2. The van der Waals surface area contributed by atoms with Crippen molar-refractivity contribution < 1.29 is 4.42 Å². The van der Waals surface area contributed by atoms with Gasteiger partial charge in [-0.05, 0) is 29.7 Å². The van der Waals surface area contributed by atoms with Crippen molar-refractivity contribution in [3.05, 3.63) is 103 Å². The average Bonchev–Trinajstić information content (AvgIpc) is 3.51. The highest BCUT2D eigenvalue weighted by atomic mass is 32.1. The first-order chi connectivity index (χ1) is 16.8. The first-order valence-electron chi connectivity index (χ1n) is 11.0. The third kappa shape index (κ3) is 3.10. The second-order valence-corrected chi connectivity index (χ2v) is 9.18. The van der Waals surface area contributed by atoms with E-state index in [4.69, 9.17) is 19.4 Å². The van der Waals surface area contributed by atoms with E-state index in [1.165, 1.54) is 10.1 Å². The van der Waals surface area contributed by atoms with Crippen molar-refractivity contribution in [3.8, 4) is 33.5 Å². The molecule has 0 N–H and O–H groups in total. The maximum atomic E-state index is 6.28. The van der Waals surface area contributed by atoms with Gasteiger partial charge < -0.3 is 4.42 Å². The lowest BCUT2D eigenvalue weighted by Gasteiger charge is -2.07. The number of nitrogens with zero attached hydrogens (tertiary/aromatic N) is 3. The van der Waals surface area contributed by atoms with Crippen molar-refractivity contribution in [1.29, 1.82) is 0 Å². The zero-order valence-electron chi connectivity index (χ0n) is 18.0. The van der Waals surface area contributed by atoms with Crippen molar-refractivity contribution >= 4 is 43.4 Å². The SMILES string of the molecule is c1ccc(-c2nc(-c3cc4ccccc4s3)nc(-c3cccc4c3oc3ccccc34)n2)cc1. The van der Waals surface area contributed by atoms with Gasteiger partial charge in [0, 0.05) is 21.0 Å². The number of fused-ring (bicyclic) bond motifs is 4. The molecule has 4 nitrogen and oxygen atoms in total. The van der Waals surface area contributed by atoms with Crippen LogP contribution in [0.5, 0.6) is 0 Å². The molecule has 0 spiro atoms. The molecule has 0 saturated heterocycles. The second kappa shape index (κ2) is 7.61. The van der Waals surface area contributed by atoms with Crippen LogP contribution in [-0.2, 0) is 0 Å². The molecule has 0 aliphatic rings. The molecule has 4 aromatic carbocycles. The monoisotopic (exact) mass is 455 g/mol. The molecule has 3 heterocycles. The van der Waals surface area contributed by atoms with Gasteiger partial charge in [-0.1, -0.05) is 78.9 Å². The summed E-state index contributed by atoms with van der Waals surface area (Å²) in [6, 6.07) is 34.7. The Kier molecular flexibility index (Phi) is 4.29. The van der Waals surface area contributed by atoms with Crippen LogP contribution in [0.3, 0.4) is 0 Å². The number of furan rings is 1. The maximum absolute atomic E-state index is 6.28. The summed E-state index contributed by atoms with van der Waals surface area (Å²) in [5.41, 5.74) is 3.45. The third-order valence-electron chi connectivity index (χ3n) is 5.96. The van der Waals surface area contributed by atoms with Crippen molar-refractivity contribution in [2.45, 2.75) is 0 Å². The van der Waals surface area contributed by atoms with Crippen molar-refractivity contribution in [1.82, 2.24) is 15.0 Å². The number of hydrogen-bond donors (Lipinski definition) is 0. The van der Waals surface area contributed by atoms with Crippen LogP contribution in [0.15, 0.2) is 108 Å². The molecule has 0 amide bonds. The zero-order chi connectivity index (χ0) is 22.5. The van der Waals surface area contributed by atoms with E-state index in [2.05, 4.69) is 42.5 Å². The molecule has 0 saturated carbocycles. The van der Waals surface area contributed by atoms with Gasteiger partial charge in [-0.25, -0.2) is 15.0 Å². The Morgan fingerprint density at radius 2 is 1.32 bits per heavy atom. The molecule has 0 bridgehead atoms. The number of benzene rings is 4. The van der Waals surface area contributed by atoms with Gasteiger partial charge >= 0.3 is 0 Å². The van der Waals surface area contributed by atoms with Crippen molar-refractivity contribution in [3.63, 3.8) is 0 Å². The molecule has 0 atom stereocenters. The Morgan fingerprint density at radius 1 is 0.588 bits per heavy atom. The molecule has 5 heteroatoms. The molecule has 0 unspecified atom stereocenters. The fourth-order valence-corrected chi connectivity index (χ4v) is 5.34. The molecule has 3 aromatic heterocycles. The Labute approximate surface area is 199 Å². The Morgan fingerprint density at radius 3 is 2.24 bits per heavy atom. The summed E-state index contributed by atoms with van der Waals surface area (Å²) in [5.74, 6) is 1.91. The highest BCUT2D eigenvalue weighted by Gasteiger charge is 2.18. The molecule has 160 valence electrons. The van der Waals surface area contributed by atoms with Gasteiger partial charge in [-0.15, -0.1) is 11.3 Å². The molecule has 0 aliphatic carbocycles. The largest absolute Gasteiger partial charge is 0.455 e. The van der Waals surface area contributed by atoms with Gasteiger partial charge in [0.15, 0.2) is 17.5 Å². The highest BCUT2D eigenvalue weighted by Crippen LogP contribution is 2.37. The summed E-state index contributed by atoms with van der Waals surface area (Å²) in [6.07, 6.45) is 0. The van der Waals surface area contributed by atoms with Gasteiger partial charge in [0.25, 0.3) is 0 Å². The van der Waals surface area contributed by atoms with E-state index in [1.807, 2.05) is 60.7 Å². The maximum Gasteiger partial charge on any atom is 0.174 e. The van der Waals surface area contributed by atoms with Gasteiger partial charge in [-0.3, -0.25) is 0 Å². The number of rotatable bonds is 3. The number of hydrogen-bond acceptors (Lipinski definition) is 5. The topological polar surface area (TPSA) is 51.8 Å². The van der Waals surface area contributed by atoms with Crippen molar-refractivity contribution in [2.24, 2.45) is 0 Å². The molecule has 7 rings (SSSR count). The van der Waals surface area contributed by atoms with Gasteiger partial charge in [-0.2, -0.15) is 0 Å². The van der Waals surface area contributed by atoms with Crippen LogP contribution >= 0.6 is 11.3 Å². The number of thiophene rings is 1. The van der Waals surface area contributed by atoms with E-state index < -0.39 is 0 Å². The molecular formula is C29H17N3OS. The summed E-state index contributed by atoms with van der Waals surface area (Å²) in [6.45, 7) is 0. The fourth-order valence-electron chi connectivity index (χ4n) is 4.34. The molecule has 0 fully saturated rings. The minimum atomic E-state index is 0.603. The fraction of sp³-hybridized carbons (Fsp3) is 0. The van der Waals surface area contributed by atoms with Crippen molar-refractivity contribution in [2.75, 3.05) is 0 Å². The van der Waals surface area contributed by atoms with E-state index in [1.54, 1.807) is 11.3 Å². The molecule has 7 aromatic rings. The average molecular weight is 456 g/mol. The van der Waals surface area contributed by atoms with Crippen LogP contribution in [0.4, 0.5) is 0 Å². The minimum Gasteiger partial charge on any atom is -0.455 e. The molecule has 0 aliphatic heterocycles. The first kappa shape index (κ1) is 19.1. The van der Waals surface area contributed by atoms with Crippen LogP contribution < -0.4 is 0 Å².